The Morgan fingerprint density at radius 2 is 1.83 bits per heavy atom. The summed E-state index contributed by atoms with van der Waals surface area (Å²) in [5.41, 5.74) is 8.68. The van der Waals surface area contributed by atoms with Crippen LogP contribution in [0.3, 0.4) is 0 Å². The Kier molecular flexibility index (Phi) is 3.89. The highest BCUT2D eigenvalue weighted by molar-refractivity contribution is 5.58. The highest BCUT2D eigenvalue weighted by atomic mass is 15.0. The van der Waals surface area contributed by atoms with Gasteiger partial charge in [-0.1, -0.05) is 29.8 Å². The number of rotatable bonds is 4. The maximum Gasteiger partial charge on any atom is 0.161 e. The Morgan fingerprint density at radius 1 is 1.11 bits per heavy atom. The molecule has 0 aliphatic carbocycles. The first-order chi connectivity index (χ1) is 8.69. The van der Waals surface area contributed by atoms with Gasteiger partial charge in [0.05, 0.1) is 0 Å². The summed E-state index contributed by atoms with van der Waals surface area (Å²) in [6.45, 7) is 5.33. The summed E-state index contributed by atoms with van der Waals surface area (Å²) < 4.78 is 0. The number of hydrogen-bond acceptors (Lipinski definition) is 4. The number of hydrogen-bond donors (Lipinski definition) is 2. The lowest BCUT2D eigenvalue weighted by Gasteiger charge is -2.08. The summed E-state index contributed by atoms with van der Waals surface area (Å²) in [5, 5.41) is 3.18. The van der Waals surface area contributed by atoms with E-state index in [9.17, 15) is 0 Å². The number of nitrogens with one attached hydrogen (secondary N) is 1. The van der Waals surface area contributed by atoms with Crippen molar-refractivity contribution in [3.05, 3.63) is 41.6 Å². The van der Waals surface area contributed by atoms with Crippen LogP contribution in [0, 0.1) is 13.8 Å². The summed E-state index contributed by atoms with van der Waals surface area (Å²) in [4.78, 5) is 8.95. The maximum absolute atomic E-state index is 5.47. The molecule has 1 aromatic heterocycles. The molecule has 0 spiro atoms. The molecule has 0 aliphatic rings. The van der Waals surface area contributed by atoms with Crippen molar-refractivity contribution in [2.24, 2.45) is 5.73 Å². The van der Waals surface area contributed by atoms with Crippen LogP contribution in [0.5, 0.6) is 0 Å². The van der Waals surface area contributed by atoms with Gasteiger partial charge in [-0.2, -0.15) is 0 Å². The van der Waals surface area contributed by atoms with Crippen molar-refractivity contribution < 1.29 is 0 Å². The Morgan fingerprint density at radius 3 is 2.50 bits per heavy atom. The standard InChI is InChI=1S/C14H18N4/c1-10-3-5-12(6-4-10)14-17-11(2)9-13(18-14)16-8-7-15/h3-6,9H,7-8,15H2,1-2H3,(H,16,17,18). The van der Waals surface area contributed by atoms with E-state index in [-0.39, 0.29) is 0 Å². The average Bonchev–Trinajstić information content (AvgIpc) is 2.36. The third-order valence-corrected chi connectivity index (χ3v) is 2.61. The lowest BCUT2D eigenvalue weighted by atomic mass is 10.1. The van der Waals surface area contributed by atoms with Crippen LogP contribution < -0.4 is 11.1 Å². The van der Waals surface area contributed by atoms with Gasteiger partial charge in [0, 0.05) is 30.4 Å². The zero-order valence-corrected chi connectivity index (χ0v) is 10.8. The smallest absolute Gasteiger partial charge is 0.161 e. The molecular weight excluding hydrogens is 224 g/mol. The summed E-state index contributed by atoms with van der Waals surface area (Å²) in [7, 11) is 0. The molecular formula is C14H18N4. The van der Waals surface area contributed by atoms with E-state index < -0.39 is 0 Å². The maximum atomic E-state index is 5.47. The van der Waals surface area contributed by atoms with E-state index >= 15 is 0 Å². The second-order valence-corrected chi connectivity index (χ2v) is 4.30. The molecule has 0 bridgehead atoms. The molecule has 2 aromatic rings. The summed E-state index contributed by atoms with van der Waals surface area (Å²) in [5.74, 6) is 1.57. The third kappa shape index (κ3) is 3.05. The molecule has 1 heterocycles. The monoisotopic (exact) mass is 242 g/mol. The predicted molar refractivity (Wildman–Crippen MR) is 74.5 cm³/mol. The van der Waals surface area contributed by atoms with Crippen molar-refractivity contribution in [3.63, 3.8) is 0 Å². The molecule has 1 aromatic carbocycles. The van der Waals surface area contributed by atoms with Gasteiger partial charge in [-0.3, -0.25) is 0 Å². The minimum Gasteiger partial charge on any atom is -0.369 e. The Labute approximate surface area is 107 Å². The van der Waals surface area contributed by atoms with Crippen molar-refractivity contribution in [3.8, 4) is 11.4 Å². The number of anilines is 1. The highest BCUT2D eigenvalue weighted by Gasteiger charge is 2.04. The molecule has 0 aliphatic heterocycles. The van der Waals surface area contributed by atoms with Gasteiger partial charge >= 0.3 is 0 Å². The quantitative estimate of drug-likeness (QED) is 0.862. The molecule has 0 saturated carbocycles. The fourth-order valence-electron chi connectivity index (χ4n) is 1.69. The minimum atomic E-state index is 0.586. The first-order valence-electron chi connectivity index (χ1n) is 6.05. The minimum absolute atomic E-state index is 0.586. The Hall–Kier alpha value is -1.94. The van der Waals surface area contributed by atoms with Crippen molar-refractivity contribution in [2.45, 2.75) is 13.8 Å². The lowest BCUT2D eigenvalue weighted by molar-refractivity contribution is 1.000. The number of benzene rings is 1. The van der Waals surface area contributed by atoms with Crippen LogP contribution >= 0.6 is 0 Å². The molecule has 0 fully saturated rings. The number of aryl methyl sites for hydroxylation is 2. The molecule has 18 heavy (non-hydrogen) atoms. The summed E-state index contributed by atoms with van der Waals surface area (Å²) in [6.07, 6.45) is 0. The lowest BCUT2D eigenvalue weighted by Crippen LogP contribution is -2.14. The van der Waals surface area contributed by atoms with Crippen LogP contribution in [0.15, 0.2) is 30.3 Å². The van der Waals surface area contributed by atoms with E-state index in [1.165, 1.54) is 5.56 Å². The van der Waals surface area contributed by atoms with Crippen LogP contribution in [0.25, 0.3) is 11.4 Å². The van der Waals surface area contributed by atoms with Gasteiger partial charge in [0.15, 0.2) is 5.82 Å². The zero-order chi connectivity index (χ0) is 13.0. The van der Waals surface area contributed by atoms with Gasteiger partial charge in [-0.25, -0.2) is 9.97 Å². The van der Waals surface area contributed by atoms with Gasteiger partial charge < -0.3 is 11.1 Å². The van der Waals surface area contributed by atoms with Crippen LogP contribution in [0.1, 0.15) is 11.3 Å². The molecule has 2 rings (SSSR count). The van der Waals surface area contributed by atoms with E-state index in [0.717, 1.165) is 22.9 Å². The van der Waals surface area contributed by atoms with E-state index in [2.05, 4.69) is 34.3 Å². The van der Waals surface area contributed by atoms with E-state index in [1.807, 2.05) is 25.1 Å². The largest absolute Gasteiger partial charge is 0.369 e. The van der Waals surface area contributed by atoms with Gasteiger partial charge in [-0.15, -0.1) is 0 Å². The van der Waals surface area contributed by atoms with Crippen LogP contribution in [0.4, 0.5) is 5.82 Å². The molecule has 0 atom stereocenters. The number of nitrogens with two attached hydrogens (primary N) is 1. The summed E-state index contributed by atoms with van der Waals surface area (Å²) >= 11 is 0. The van der Waals surface area contributed by atoms with Gasteiger partial charge in [-0.05, 0) is 13.8 Å². The molecule has 0 unspecified atom stereocenters. The Balaban J connectivity index is 2.32. The zero-order valence-electron chi connectivity index (χ0n) is 10.8. The van der Waals surface area contributed by atoms with E-state index in [4.69, 9.17) is 5.73 Å². The molecule has 3 N–H and O–H groups in total. The first kappa shape index (κ1) is 12.5. The third-order valence-electron chi connectivity index (χ3n) is 2.61. The Bertz CT molecular complexity index is 520. The second-order valence-electron chi connectivity index (χ2n) is 4.30. The van der Waals surface area contributed by atoms with Crippen molar-refractivity contribution in [1.82, 2.24) is 9.97 Å². The predicted octanol–water partition coefficient (Wildman–Crippen LogP) is 2.13. The topological polar surface area (TPSA) is 63.8 Å². The summed E-state index contributed by atoms with van der Waals surface area (Å²) in [6, 6.07) is 10.1. The van der Waals surface area contributed by atoms with Crippen molar-refractivity contribution in [2.75, 3.05) is 18.4 Å². The second kappa shape index (κ2) is 5.60. The van der Waals surface area contributed by atoms with E-state index in [1.54, 1.807) is 0 Å². The average molecular weight is 242 g/mol. The molecule has 0 saturated heterocycles. The van der Waals surface area contributed by atoms with E-state index in [0.29, 0.717) is 13.1 Å². The first-order valence-corrected chi connectivity index (χ1v) is 6.05. The molecule has 0 amide bonds. The number of aromatic nitrogens is 2. The van der Waals surface area contributed by atoms with Gasteiger partial charge in [0.25, 0.3) is 0 Å². The normalized spacial score (nSPS) is 10.4. The van der Waals surface area contributed by atoms with Gasteiger partial charge in [0.1, 0.15) is 5.82 Å². The SMILES string of the molecule is Cc1ccc(-c2nc(C)cc(NCCN)n2)cc1. The van der Waals surface area contributed by atoms with Crippen LogP contribution in [0.2, 0.25) is 0 Å². The van der Waals surface area contributed by atoms with Crippen molar-refractivity contribution >= 4 is 5.82 Å². The van der Waals surface area contributed by atoms with Gasteiger partial charge in [0.2, 0.25) is 0 Å². The fourth-order valence-corrected chi connectivity index (χ4v) is 1.69. The van der Waals surface area contributed by atoms with Crippen LogP contribution in [-0.2, 0) is 0 Å². The molecule has 0 radical (unpaired) electrons. The van der Waals surface area contributed by atoms with Crippen molar-refractivity contribution in [1.29, 1.82) is 0 Å². The number of nitrogens with zero attached hydrogens (tertiary/aromatic N) is 2. The van der Waals surface area contributed by atoms with Crippen LogP contribution in [-0.4, -0.2) is 23.1 Å². The fraction of sp³-hybridized carbons (Fsp3) is 0.286. The molecule has 94 valence electrons. The molecule has 4 nitrogen and oxygen atoms in total. The molecule has 4 heteroatoms. The highest BCUT2D eigenvalue weighted by Crippen LogP contribution is 2.18.